The average Bonchev–Trinajstić information content (AvgIpc) is 2.98. The second-order valence-electron chi connectivity index (χ2n) is 3.99. The van der Waals surface area contributed by atoms with Crippen LogP contribution in [0.3, 0.4) is 0 Å². The van der Waals surface area contributed by atoms with E-state index in [0.29, 0.717) is 5.82 Å². The molecule has 6 nitrogen and oxygen atoms in total. The van der Waals surface area contributed by atoms with E-state index in [1.165, 1.54) is 0 Å². The molecule has 0 aliphatic heterocycles. The zero-order valence-electron chi connectivity index (χ0n) is 10.1. The van der Waals surface area contributed by atoms with E-state index in [1.54, 1.807) is 29.3 Å². The molecule has 3 rings (SSSR count). The highest BCUT2D eigenvalue weighted by atomic mass is 15.4. The lowest BCUT2D eigenvalue weighted by molar-refractivity contribution is 0.689. The van der Waals surface area contributed by atoms with Crippen LogP contribution in [0.25, 0.3) is 5.69 Å². The Kier molecular flexibility index (Phi) is 2.99. The van der Waals surface area contributed by atoms with Gasteiger partial charge in [0.1, 0.15) is 6.04 Å². The largest absolute Gasteiger partial charge is 0.316 e. The van der Waals surface area contributed by atoms with Crippen LogP contribution in [0.15, 0.2) is 55.0 Å². The van der Waals surface area contributed by atoms with Crippen molar-refractivity contribution >= 4 is 0 Å². The minimum absolute atomic E-state index is 0.462. The van der Waals surface area contributed by atoms with Crippen molar-refractivity contribution in [3.63, 3.8) is 0 Å². The number of benzene rings is 1. The summed E-state index contributed by atoms with van der Waals surface area (Å²) in [6.45, 7) is 0. The molecule has 0 bridgehead atoms. The lowest BCUT2D eigenvalue weighted by atomic mass is 10.2. The van der Waals surface area contributed by atoms with E-state index in [4.69, 9.17) is 5.73 Å². The van der Waals surface area contributed by atoms with Gasteiger partial charge in [-0.3, -0.25) is 0 Å². The van der Waals surface area contributed by atoms with Gasteiger partial charge in [-0.15, -0.1) is 5.10 Å². The Balaban J connectivity index is 2.01. The highest BCUT2D eigenvalue weighted by Gasteiger charge is 2.17. The van der Waals surface area contributed by atoms with E-state index >= 15 is 0 Å². The molecule has 6 heteroatoms. The van der Waals surface area contributed by atoms with Gasteiger partial charge in [0.25, 0.3) is 0 Å². The molecule has 0 radical (unpaired) electrons. The topological polar surface area (TPSA) is 82.5 Å². The molecule has 0 spiro atoms. The fourth-order valence-corrected chi connectivity index (χ4v) is 1.83. The van der Waals surface area contributed by atoms with Gasteiger partial charge >= 0.3 is 0 Å². The van der Waals surface area contributed by atoms with Crippen molar-refractivity contribution in [3.05, 3.63) is 66.5 Å². The van der Waals surface area contributed by atoms with E-state index in [2.05, 4.69) is 20.3 Å². The summed E-state index contributed by atoms with van der Waals surface area (Å²) in [4.78, 5) is 8.33. The summed E-state index contributed by atoms with van der Waals surface area (Å²) >= 11 is 0. The highest BCUT2D eigenvalue weighted by Crippen LogP contribution is 2.17. The summed E-state index contributed by atoms with van der Waals surface area (Å²) in [6.07, 6.45) is 4.96. The molecule has 0 fully saturated rings. The molecule has 0 amide bonds. The predicted octanol–water partition coefficient (Wildman–Crippen LogP) is 1.11. The van der Waals surface area contributed by atoms with Crippen LogP contribution in [-0.4, -0.2) is 25.0 Å². The van der Waals surface area contributed by atoms with Gasteiger partial charge in [-0.1, -0.05) is 23.4 Å². The number of nitrogens with two attached hydrogens (primary N) is 1. The van der Waals surface area contributed by atoms with Crippen molar-refractivity contribution in [3.8, 4) is 5.69 Å². The summed E-state index contributed by atoms with van der Waals surface area (Å²) in [5.41, 5.74) is 7.82. The summed E-state index contributed by atoms with van der Waals surface area (Å²) in [5, 5.41) is 7.99. The monoisotopic (exact) mass is 252 g/mol. The number of rotatable bonds is 3. The van der Waals surface area contributed by atoms with E-state index in [-0.39, 0.29) is 0 Å². The molecule has 19 heavy (non-hydrogen) atoms. The minimum atomic E-state index is -0.462. The van der Waals surface area contributed by atoms with Gasteiger partial charge in [0.05, 0.1) is 17.6 Å². The summed E-state index contributed by atoms with van der Waals surface area (Å²) in [5.74, 6) is 0.544. The number of hydrogen-bond donors (Lipinski definition) is 1. The van der Waals surface area contributed by atoms with Crippen molar-refractivity contribution in [2.45, 2.75) is 6.04 Å². The molecule has 94 valence electrons. The molecule has 2 N–H and O–H groups in total. The third kappa shape index (κ3) is 2.21. The Morgan fingerprint density at radius 1 is 1.00 bits per heavy atom. The van der Waals surface area contributed by atoms with Crippen LogP contribution in [0.5, 0.6) is 0 Å². The number of para-hydroxylation sites is 1. The van der Waals surface area contributed by atoms with E-state index in [9.17, 15) is 0 Å². The molecule has 1 unspecified atom stereocenters. The zero-order valence-corrected chi connectivity index (χ0v) is 10.1. The first kappa shape index (κ1) is 11.5. The lowest BCUT2D eigenvalue weighted by Gasteiger charge is -2.11. The normalized spacial score (nSPS) is 12.3. The Bertz CT molecular complexity index is 649. The van der Waals surface area contributed by atoms with Crippen molar-refractivity contribution in [1.29, 1.82) is 0 Å². The number of hydrogen-bond acceptors (Lipinski definition) is 5. The van der Waals surface area contributed by atoms with Crippen LogP contribution in [0.1, 0.15) is 17.6 Å². The maximum absolute atomic E-state index is 6.17. The van der Waals surface area contributed by atoms with Gasteiger partial charge in [-0.2, -0.15) is 0 Å². The fourth-order valence-electron chi connectivity index (χ4n) is 1.83. The SMILES string of the molecule is NC(c1ncccn1)c1cnnn1-c1ccccc1. The second-order valence-corrected chi connectivity index (χ2v) is 3.99. The van der Waals surface area contributed by atoms with E-state index in [0.717, 1.165) is 11.4 Å². The fraction of sp³-hybridized carbons (Fsp3) is 0.0769. The maximum Gasteiger partial charge on any atom is 0.151 e. The van der Waals surface area contributed by atoms with Gasteiger partial charge in [0.2, 0.25) is 0 Å². The zero-order chi connectivity index (χ0) is 13.1. The first-order chi connectivity index (χ1) is 9.36. The number of aromatic nitrogens is 5. The van der Waals surface area contributed by atoms with Crippen molar-refractivity contribution in [2.75, 3.05) is 0 Å². The van der Waals surface area contributed by atoms with Crippen LogP contribution < -0.4 is 5.73 Å². The Morgan fingerprint density at radius 2 is 1.74 bits per heavy atom. The first-order valence-corrected chi connectivity index (χ1v) is 5.85. The third-order valence-corrected chi connectivity index (χ3v) is 2.76. The quantitative estimate of drug-likeness (QED) is 0.755. The molecule has 2 aromatic heterocycles. The van der Waals surface area contributed by atoms with E-state index in [1.807, 2.05) is 30.3 Å². The first-order valence-electron chi connectivity index (χ1n) is 5.85. The van der Waals surface area contributed by atoms with Crippen LogP contribution in [0.4, 0.5) is 0 Å². The standard InChI is InChI=1S/C13H12N6/c14-12(13-15-7-4-8-16-13)11-9-17-18-19(11)10-5-2-1-3-6-10/h1-9,12H,14H2. The minimum Gasteiger partial charge on any atom is -0.316 e. The molecule has 0 aliphatic carbocycles. The molecule has 3 aromatic rings. The summed E-state index contributed by atoms with van der Waals surface area (Å²) in [7, 11) is 0. The average molecular weight is 252 g/mol. The molecule has 0 saturated carbocycles. The van der Waals surface area contributed by atoms with Gasteiger partial charge in [-0.25, -0.2) is 14.6 Å². The summed E-state index contributed by atoms with van der Waals surface area (Å²) in [6, 6.07) is 11.0. The molecular formula is C13H12N6. The number of nitrogens with zero attached hydrogens (tertiary/aromatic N) is 5. The highest BCUT2D eigenvalue weighted by molar-refractivity contribution is 5.33. The van der Waals surface area contributed by atoms with Crippen molar-refractivity contribution in [2.24, 2.45) is 5.73 Å². The van der Waals surface area contributed by atoms with Gasteiger partial charge in [0.15, 0.2) is 5.82 Å². The smallest absolute Gasteiger partial charge is 0.151 e. The van der Waals surface area contributed by atoms with Crippen LogP contribution in [-0.2, 0) is 0 Å². The summed E-state index contributed by atoms with van der Waals surface area (Å²) < 4.78 is 1.70. The van der Waals surface area contributed by atoms with Crippen LogP contribution in [0.2, 0.25) is 0 Å². The molecule has 0 saturated heterocycles. The van der Waals surface area contributed by atoms with Crippen LogP contribution >= 0.6 is 0 Å². The Hall–Kier alpha value is -2.60. The molecule has 0 aliphatic rings. The van der Waals surface area contributed by atoms with Gasteiger partial charge in [0, 0.05) is 12.4 Å². The second kappa shape index (κ2) is 4.95. The van der Waals surface area contributed by atoms with Crippen molar-refractivity contribution < 1.29 is 0 Å². The molecule has 1 aromatic carbocycles. The Morgan fingerprint density at radius 3 is 2.47 bits per heavy atom. The molecule has 1 atom stereocenters. The predicted molar refractivity (Wildman–Crippen MR) is 69.4 cm³/mol. The lowest BCUT2D eigenvalue weighted by Crippen LogP contribution is -2.19. The van der Waals surface area contributed by atoms with Gasteiger partial charge < -0.3 is 5.73 Å². The molecular weight excluding hydrogens is 240 g/mol. The third-order valence-electron chi connectivity index (χ3n) is 2.76. The van der Waals surface area contributed by atoms with E-state index < -0.39 is 6.04 Å². The van der Waals surface area contributed by atoms with Gasteiger partial charge in [-0.05, 0) is 18.2 Å². The van der Waals surface area contributed by atoms with Crippen molar-refractivity contribution in [1.82, 2.24) is 25.0 Å². The van der Waals surface area contributed by atoms with Crippen LogP contribution in [0, 0.1) is 0 Å². The Labute approximate surface area is 109 Å². The maximum atomic E-state index is 6.17. The molecule has 2 heterocycles.